The maximum absolute atomic E-state index is 9.32. The van der Waals surface area contributed by atoms with Gasteiger partial charge in [0.25, 0.3) is 0 Å². The minimum atomic E-state index is -0.0883. The van der Waals surface area contributed by atoms with Gasteiger partial charge in [0.15, 0.2) is 0 Å². The van der Waals surface area contributed by atoms with Crippen molar-refractivity contribution in [2.75, 3.05) is 0 Å². The topological polar surface area (TPSA) is 17.1 Å². The first kappa shape index (κ1) is 4.75. The fourth-order valence-electron chi connectivity index (χ4n) is 0.0373. The molecule has 0 rings (SSSR count). The molecule has 0 fully saturated rings. The van der Waals surface area contributed by atoms with Crippen LogP contribution in [0.3, 0.4) is 0 Å². The van der Waals surface area contributed by atoms with E-state index in [1.54, 1.807) is 0 Å². The summed E-state index contributed by atoms with van der Waals surface area (Å²) >= 11 is 0. The van der Waals surface area contributed by atoms with E-state index in [1.807, 2.05) is 0 Å². The van der Waals surface area contributed by atoms with E-state index in [-0.39, 0.29) is 7.92 Å². The van der Waals surface area contributed by atoms with Crippen LogP contribution in [0, 0.1) is 5.63 Å². The summed E-state index contributed by atoms with van der Waals surface area (Å²) in [4.78, 5) is 0. The quantitative estimate of drug-likeness (QED) is 0.407. The molecule has 0 radical (unpaired) electrons. The SMILES string of the molecule is C=CC#P=O. The van der Waals surface area contributed by atoms with Crippen molar-refractivity contribution in [1.29, 1.82) is 0 Å². The second-order valence-electron chi connectivity index (χ2n) is 0.425. The number of allylic oxidation sites excluding steroid dienone is 1. The minimum absolute atomic E-state index is 0.0883. The van der Waals surface area contributed by atoms with Crippen LogP contribution in [0.15, 0.2) is 12.7 Å². The molecule has 0 bridgehead atoms. The molecule has 26 valence electrons. The first-order chi connectivity index (χ1) is 2.41. The van der Waals surface area contributed by atoms with Gasteiger partial charge in [0, 0.05) is 0 Å². The molecule has 0 aromatic carbocycles. The van der Waals surface area contributed by atoms with Gasteiger partial charge >= 0.3 is 30.8 Å². The molecule has 0 atom stereocenters. The molecule has 0 heterocycles. The molecule has 0 aliphatic heterocycles. The van der Waals surface area contributed by atoms with Gasteiger partial charge in [-0.1, -0.05) is 0 Å². The van der Waals surface area contributed by atoms with Crippen LogP contribution in [-0.2, 0) is 4.57 Å². The van der Waals surface area contributed by atoms with Crippen molar-refractivity contribution in [3.8, 4) is 5.63 Å². The first-order valence-electron chi connectivity index (χ1n) is 1.10. The van der Waals surface area contributed by atoms with Crippen molar-refractivity contribution < 1.29 is 4.57 Å². The molecule has 5 heavy (non-hydrogen) atoms. The number of rotatable bonds is 0. The van der Waals surface area contributed by atoms with E-state index in [9.17, 15) is 4.57 Å². The normalized spacial score (nSPS) is 4.80. The summed E-state index contributed by atoms with van der Waals surface area (Å²) < 4.78 is 9.32. The Labute approximate surface area is 31.8 Å². The van der Waals surface area contributed by atoms with Crippen LogP contribution < -0.4 is 0 Å². The molecule has 1 nitrogen and oxygen atoms in total. The molecule has 2 heteroatoms. The Morgan fingerprint density at radius 3 is 2.60 bits per heavy atom. The summed E-state index contributed by atoms with van der Waals surface area (Å²) in [7, 11) is -0.0883. The zero-order valence-corrected chi connectivity index (χ0v) is 3.53. The van der Waals surface area contributed by atoms with E-state index in [1.165, 1.54) is 6.08 Å². The average molecular weight is 86.0 g/mol. The predicted molar refractivity (Wildman–Crippen MR) is 21.7 cm³/mol. The number of hydrogen-bond donors (Lipinski definition) is 0. The van der Waals surface area contributed by atoms with Crippen LogP contribution in [0.4, 0.5) is 0 Å². The van der Waals surface area contributed by atoms with Crippen LogP contribution >= 0.6 is 7.92 Å². The molecule has 0 saturated carbocycles. The van der Waals surface area contributed by atoms with Crippen molar-refractivity contribution >= 4 is 7.92 Å². The molecule has 0 N–H and O–H groups in total. The Hall–Kier alpha value is -0.250. The Bertz CT molecular complexity index is 108. The van der Waals surface area contributed by atoms with Crippen LogP contribution in [0.2, 0.25) is 0 Å². The van der Waals surface area contributed by atoms with E-state index in [2.05, 4.69) is 12.2 Å². The Morgan fingerprint density at radius 2 is 2.60 bits per heavy atom. The third kappa shape index (κ3) is 3.75. The monoisotopic (exact) mass is 86.0 g/mol. The van der Waals surface area contributed by atoms with E-state index < -0.39 is 0 Å². The van der Waals surface area contributed by atoms with Gasteiger partial charge in [0.2, 0.25) is 0 Å². The van der Waals surface area contributed by atoms with Crippen LogP contribution in [-0.4, -0.2) is 0 Å². The van der Waals surface area contributed by atoms with Crippen molar-refractivity contribution in [1.82, 2.24) is 0 Å². The molecule has 0 aromatic rings. The van der Waals surface area contributed by atoms with Gasteiger partial charge in [-0.2, -0.15) is 0 Å². The first-order valence-corrected chi connectivity index (χ1v) is 1.92. The molecule has 0 aliphatic rings. The third-order valence-electron chi connectivity index (χ3n) is 0.144. The molecule has 0 unspecified atom stereocenters. The van der Waals surface area contributed by atoms with Crippen molar-refractivity contribution in [3.05, 3.63) is 12.7 Å². The second-order valence-corrected chi connectivity index (χ2v) is 0.865. The van der Waals surface area contributed by atoms with Crippen LogP contribution in [0.1, 0.15) is 0 Å². The average Bonchev–Trinajstić information content (AvgIpc) is 1.41. The predicted octanol–water partition coefficient (Wildman–Crippen LogP) is 1.42. The van der Waals surface area contributed by atoms with Crippen molar-refractivity contribution in [3.63, 3.8) is 0 Å². The van der Waals surface area contributed by atoms with Crippen LogP contribution in [0.5, 0.6) is 0 Å². The number of hydrogen-bond acceptors (Lipinski definition) is 1. The van der Waals surface area contributed by atoms with Gasteiger partial charge in [-0.05, 0) is 0 Å². The standard InChI is InChI=1S/C3H3OP/c1-2-3-5-4/h2H,1H2. The zero-order chi connectivity index (χ0) is 4.12. The maximum atomic E-state index is 9.32. The molecular formula is C3H3OP. The Morgan fingerprint density at radius 1 is 2.00 bits per heavy atom. The van der Waals surface area contributed by atoms with E-state index >= 15 is 0 Å². The van der Waals surface area contributed by atoms with Gasteiger partial charge in [-0.3, -0.25) is 0 Å². The molecule has 0 spiro atoms. The van der Waals surface area contributed by atoms with Gasteiger partial charge in [0.1, 0.15) is 0 Å². The summed E-state index contributed by atoms with van der Waals surface area (Å²) in [6.45, 7) is 3.23. The summed E-state index contributed by atoms with van der Waals surface area (Å²) in [6, 6.07) is 0. The molecular weight excluding hydrogens is 83.0 g/mol. The van der Waals surface area contributed by atoms with Crippen LogP contribution in [0.25, 0.3) is 0 Å². The van der Waals surface area contributed by atoms with Crippen molar-refractivity contribution in [2.24, 2.45) is 0 Å². The Kier molecular flexibility index (Phi) is 3.56. The van der Waals surface area contributed by atoms with E-state index in [0.29, 0.717) is 0 Å². The summed E-state index contributed by atoms with van der Waals surface area (Å²) in [5.74, 6) is 0. The van der Waals surface area contributed by atoms with Gasteiger partial charge in [0.05, 0.1) is 0 Å². The summed E-state index contributed by atoms with van der Waals surface area (Å²) in [6.07, 6.45) is 1.36. The zero-order valence-electron chi connectivity index (χ0n) is 2.64. The third-order valence-corrected chi connectivity index (χ3v) is 0.432. The van der Waals surface area contributed by atoms with E-state index in [4.69, 9.17) is 0 Å². The second kappa shape index (κ2) is 3.75. The molecule has 0 saturated heterocycles. The van der Waals surface area contributed by atoms with Gasteiger partial charge in [-0.25, -0.2) is 0 Å². The summed E-state index contributed by atoms with van der Waals surface area (Å²) in [5.41, 5.74) is 2.29. The fourth-order valence-corrected chi connectivity index (χ4v) is 0.112. The Balaban J connectivity index is 3.61. The molecule has 0 amide bonds. The molecule has 0 aromatic heterocycles. The van der Waals surface area contributed by atoms with Crippen molar-refractivity contribution in [2.45, 2.75) is 0 Å². The summed E-state index contributed by atoms with van der Waals surface area (Å²) in [5, 5.41) is 0. The van der Waals surface area contributed by atoms with E-state index in [0.717, 1.165) is 0 Å². The van der Waals surface area contributed by atoms with Gasteiger partial charge < -0.3 is 0 Å². The molecule has 0 aliphatic carbocycles. The van der Waals surface area contributed by atoms with Gasteiger partial charge in [-0.15, -0.1) is 0 Å². The fraction of sp³-hybridized carbons (Fsp3) is 0.